The second kappa shape index (κ2) is 13.0. The molecule has 0 N–H and O–H groups in total. The van der Waals surface area contributed by atoms with Crippen molar-refractivity contribution in [3.8, 4) is 0 Å². The van der Waals surface area contributed by atoms with Crippen LogP contribution >= 0.6 is 0 Å². The van der Waals surface area contributed by atoms with Crippen molar-refractivity contribution >= 4 is 15.9 Å². The van der Waals surface area contributed by atoms with Crippen molar-refractivity contribution in [2.24, 2.45) is 0 Å². The third kappa shape index (κ3) is 7.23. The first-order valence-corrected chi connectivity index (χ1v) is 15.9. The van der Waals surface area contributed by atoms with E-state index >= 15 is 0 Å². The molecule has 0 aromatic rings. The average molecular weight is 468 g/mol. The van der Waals surface area contributed by atoms with E-state index < -0.39 is 37.5 Å². The first-order valence-electron chi connectivity index (χ1n) is 9.10. The van der Waals surface area contributed by atoms with Gasteiger partial charge in [-0.05, 0) is 0 Å². The summed E-state index contributed by atoms with van der Waals surface area (Å²) < 4.78 is 34.5. The van der Waals surface area contributed by atoms with Gasteiger partial charge < -0.3 is 0 Å². The molecule has 0 bridgehead atoms. The van der Waals surface area contributed by atoms with Crippen molar-refractivity contribution in [2.45, 2.75) is 65.7 Å². The molecule has 0 fully saturated rings. The SMILES string of the molecule is CCCC[O][Zr]([O]CCCC)([O]CCCC)[C]1=[C]([GeH2][F])C=CC1. The van der Waals surface area contributed by atoms with Crippen LogP contribution in [0.1, 0.15) is 65.7 Å². The Labute approximate surface area is 154 Å². The minimum absolute atomic E-state index is 0.668. The third-order valence-electron chi connectivity index (χ3n) is 3.91. The normalized spacial score (nSPS) is 15.5. The van der Waals surface area contributed by atoms with Gasteiger partial charge in [0.1, 0.15) is 0 Å². The van der Waals surface area contributed by atoms with Crippen molar-refractivity contribution in [1.29, 1.82) is 0 Å². The number of allylic oxidation sites excluding steroid dienone is 4. The maximum absolute atomic E-state index is 13.6. The van der Waals surface area contributed by atoms with Crippen molar-refractivity contribution in [1.82, 2.24) is 0 Å². The van der Waals surface area contributed by atoms with Crippen LogP contribution in [0.15, 0.2) is 19.8 Å². The molecule has 0 aliphatic heterocycles. The van der Waals surface area contributed by atoms with Crippen LogP contribution in [0.5, 0.6) is 0 Å². The molecule has 1 aliphatic rings. The molecule has 0 saturated heterocycles. The third-order valence-corrected chi connectivity index (χ3v) is 15.1. The van der Waals surface area contributed by atoms with E-state index in [0.717, 1.165) is 52.6 Å². The Morgan fingerprint density at radius 1 is 0.957 bits per heavy atom. The summed E-state index contributed by atoms with van der Waals surface area (Å²) in [6, 6.07) is 0. The molecule has 0 heterocycles. The standard InChI is InChI=1S/C5H6FGe.3C4H9O.Zr/c6-7-5-3-1-2-4-5;3*1-2-3-4-5;/h1,3H,2,7H2;3*2-4H2,1H3;/q;3*-1;+3. The van der Waals surface area contributed by atoms with Gasteiger partial charge in [-0.15, -0.1) is 0 Å². The molecular formula is C17H33FGeO3Zr. The molecule has 3 nitrogen and oxygen atoms in total. The fourth-order valence-corrected chi connectivity index (χ4v) is 14.2. The molecule has 0 unspecified atom stereocenters. The van der Waals surface area contributed by atoms with Gasteiger partial charge in [-0.3, -0.25) is 0 Å². The van der Waals surface area contributed by atoms with Gasteiger partial charge in [0.25, 0.3) is 0 Å². The zero-order chi connectivity index (χ0) is 17.0. The Hall–Kier alpha value is 0.716. The van der Waals surface area contributed by atoms with E-state index in [1.165, 1.54) is 0 Å². The Morgan fingerprint density at radius 3 is 1.83 bits per heavy atom. The fraction of sp³-hybridized carbons (Fsp3) is 0.765. The summed E-state index contributed by atoms with van der Waals surface area (Å²) >= 11 is -5.99. The minimum atomic E-state index is -3.84. The van der Waals surface area contributed by atoms with E-state index in [4.69, 9.17) is 8.44 Å². The molecule has 0 spiro atoms. The number of unbranched alkanes of at least 4 members (excludes halogenated alkanes) is 3. The van der Waals surface area contributed by atoms with Gasteiger partial charge in [0.05, 0.1) is 0 Å². The number of hydrogen-bond acceptors (Lipinski definition) is 3. The van der Waals surface area contributed by atoms with Gasteiger partial charge in [0.2, 0.25) is 0 Å². The summed E-state index contributed by atoms with van der Waals surface area (Å²) in [5, 5.41) is 0. The van der Waals surface area contributed by atoms with Gasteiger partial charge in [-0.2, -0.15) is 0 Å². The van der Waals surface area contributed by atoms with Crippen LogP contribution in [0, 0.1) is 0 Å². The van der Waals surface area contributed by atoms with Crippen molar-refractivity contribution in [3.63, 3.8) is 0 Å². The quantitative estimate of drug-likeness (QED) is 0.277. The van der Waals surface area contributed by atoms with Crippen molar-refractivity contribution < 1.29 is 33.5 Å². The average Bonchev–Trinajstić information content (AvgIpc) is 3.04. The maximum atomic E-state index is 13.6. The van der Waals surface area contributed by atoms with Crippen LogP contribution in [0.3, 0.4) is 0 Å². The summed E-state index contributed by atoms with van der Waals surface area (Å²) in [5.74, 6) is 0. The van der Waals surface area contributed by atoms with Gasteiger partial charge in [0, 0.05) is 0 Å². The van der Waals surface area contributed by atoms with E-state index in [-0.39, 0.29) is 0 Å². The summed E-state index contributed by atoms with van der Waals surface area (Å²) in [7, 11) is 0. The van der Waals surface area contributed by atoms with Crippen molar-refractivity contribution in [2.75, 3.05) is 19.8 Å². The molecule has 23 heavy (non-hydrogen) atoms. The predicted molar refractivity (Wildman–Crippen MR) is 93.0 cm³/mol. The summed E-state index contributed by atoms with van der Waals surface area (Å²) in [6.07, 6.45) is 11.0. The molecule has 0 aromatic carbocycles. The van der Waals surface area contributed by atoms with Gasteiger partial charge >= 0.3 is 155 Å². The zero-order valence-corrected chi connectivity index (χ0v) is 20.5. The topological polar surface area (TPSA) is 27.7 Å². The Bertz CT molecular complexity index is 362. The van der Waals surface area contributed by atoms with E-state index in [1.54, 1.807) is 0 Å². The van der Waals surface area contributed by atoms with Crippen LogP contribution in [0.25, 0.3) is 0 Å². The Kier molecular flexibility index (Phi) is 12.3. The second-order valence-corrected chi connectivity index (χ2v) is 14.4. The second-order valence-electron chi connectivity index (χ2n) is 5.91. The van der Waals surface area contributed by atoms with E-state index in [1.807, 2.05) is 6.08 Å². The summed E-state index contributed by atoms with van der Waals surface area (Å²) in [6.45, 7) is 8.45. The zero-order valence-electron chi connectivity index (χ0n) is 15.0. The van der Waals surface area contributed by atoms with E-state index in [9.17, 15) is 3.50 Å². The van der Waals surface area contributed by atoms with E-state index in [2.05, 4.69) is 26.8 Å². The van der Waals surface area contributed by atoms with Gasteiger partial charge in [-0.1, -0.05) is 0 Å². The fourth-order valence-electron chi connectivity index (χ4n) is 2.44. The van der Waals surface area contributed by atoms with Crippen LogP contribution in [0.4, 0.5) is 3.50 Å². The molecule has 1 rings (SSSR count). The summed E-state index contributed by atoms with van der Waals surface area (Å²) in [4.78, 5) is 0. The van der Waals surface area contributed by atoms with Gasteiger partial charge in [-0.25, -0.2) is 0 Å². The molecule has 0 aromatic heterocycles. The van der Waals surface area contributed by atoms with Crippen LogP contribution in [0.2, 0.25) is 0 Å². The van der Waals surface area contributed by atoms with Crippen molar-refractivity contribution in [3.05, 3.63) is 19.8 Å². The summed E-state index contributed by atoms with van der Waals surface area (Å²) in [5.41, 5.74) is 0. The Morgan fingerprint density at radius 2 is 1.43 bits per heavy atom. The number of rotatable bonds is 14. The molecule has 0 atom stereocenters. The van der Waals surface area contributed by atoms with Crippen LogP contribution in [-0.4, -0.2) is 35.7 Å². The number of hydrogen-bond donors (Lipinski definition) is 0. The molecule has 134 valence electrons. The monoisotopic (exact) mass is 468 g/mol. The van der Waals surface area contributed by atoms with Crippen LogP contribution < -0.4 is 0 Å². The molecular weight excluding hydrogens is 435 g/mol. The molecule has 0 amide bonds. The van der Waals surface area contributed by atoms with E-state index in [0.29, 0.717) is 19.8 Å². The molecule has 0 saturated carbocycles. The number of halogens is 1. The van der Waals surface area contributed by atoms with Crippen LogP contribution in [-0.2, 0) is 30.0 Å². The first kappa shape index (κ1) is 21.8. The molecule has 6 heteroatoms. The molecule has 0 radical (unpaired) electrons. The van der Waals surface area contributed by atoms with Gasteiger partial charge in [0.15, 0.2) is 0 Å². The first-order chi connectivity index (χ1) is 11.2. The predicted octanol–water partition coefficient (Wildman–Crippen LogP) is 4.56. The molecule has 1 aliphatic carbocycles. The Balaban J connectivity index is 2.94.